The molecule has 0 spiro atoms. The number of aliphatic hydroxyl groups excluding tert-OH is 2. The second kappa shape index (κ2) is 20.2. The monoisotopic (exact) mass is 284 g/mol. The summed E-state index contributed by atoms with van der Waals surface area (Å²) in [5, 5.41) is 17.6. The van der Waals surface area contributed by atoms with E-state index in [2.05, 4.69) is 0 Å². The number of rotatable bonds is 2. The van der Waals surface area contributed by atoms with E-state index in [4.69, 9.17) is 24.6 Å². The molecule has 0 amide bonds. The van der Waals surface area contributed by atoms with Crippen LogP contribution in [-0.2, 0) is 31.5 Å². The Morgan fingerprint density at radius 3 is 1.88 bits per heavy atom. The summed E-state index contributed by atoms with van der Waals surface area (Å²) in [4.78, 5) is 24.0. The van der Waals surface area contributed by atoms with Gasteiger partial charge in [0, 0.05) is 17.1 Å². The van der Waals surface area contributed by atoms with E-state index < -0.39 is 6.10 Å². The van der Waals surface area contributed by atoms with Crippen LogP contribution in [-0.4, -0.2) is 37.2 Å². The van der Waals surface area contributed by atoms with Crippen LogP contribution < -0.4 is 0 Å². The van der Waals surface area contributed by atoms with Crippen molar-refractivity contribution >= 4 is 20.4 Å². The van der Waals surface area contributed by atoms with Crippen LogP contribution in [0.3, 0.4) is 0 Å². The van der Waals surface area contributed by atoms with Gasteiger partial charge in [0.1, 0.15) is 20.4 Å². The molecule has 0 bridgehead atoms. The molecule has 0 aromatic heterocycles. The van der Waals surface area contributed by atoms with Gasteiger partial charge in [-0.2, -0.15) is 12.1 Å². The number of aliphatic hydroxyl groups is 2. The standard InChI is InChI=1S/C8H11O2.3CH2O.Mn/c1-6-2-3-7(4-6)8(10)5-9;3*1-2;/h2-4,8-10H,5H2,1H3;3*1H2;/q-1;;;;. The second-order valence-corrected chi connectivity index (χ2v) is 2.42. The SMILES string of the molecule is C=O.C=O.C=O.Cc1cc[c-](C(O)CO)c1.[Mn]. The number of hydrogen-bond acceptors (Lipinski definition) is 5. The Labute approximate surface area is 111 Å². The van der Waals surface area contributed by atoms with Gasteiger partial charge in [-0.1, -0.05) is 6.92 Å². The van der Waals surface area contributed by atoms with E-state index in [1.54, 1.807) is 0 Å². The number of hydrogen-bond donors (Lipinski definition) is 2. The first kappa shape index (κ1) is 24.9. The summed E-state index contributed by atoms with van der Waals surface area (Å²) in [5.41, 5.74) is 1.91. The third kappa shape index (κ3) is 12.7. The van der Waals surface area contributed by atoms with Crippen molar-refractivity contribution in [3.05, 3.63) is 29.3 Å². The zero-order valence-corrected chi connectivity index (χ0v) is 10.8. The maximum atomic E-state index is 9.09. The Kier molecular flexibility index (Phi) is 29.6. The third-order valence-corrected chi connectivity index (χ3v) is 1.49. The van der Waals surface area contributed by atoms with Crippen molar-refractivity contribution < 1.29 is 41.7 Å². The minimum atomic E-state index is -0.714. The van der Waals surface area contributed by atoms with Crippen molar-refractivity contribution in [1.82, 2.24) is 0 Å². The van der Waals surface area contributed by atoms with Gasteiger partial charge in [-0.3, -0.25) is 0 Å². The number of carbonyl (C=O) groups is 3. The van der Waals surface area contributed by atoms with Gasteiger partial charge in [0.25, 0.3) is 0 Å². The van der Waals surface area contributed by atoms with E-state index in [1.165, 1.54) is 0 Å². The smallest absolute Gasteiger partial charge is 0.106 e. The van der Waals surface area contributed by atoms with Crippen LogP contribution in [0.25, 0.3) is 0 Å². The van der Waals surface area contributed by atoms with Crippen molar-refractivity contribution in [3.8, 4) is 0 Å². The average Bonchev–Trinajstić information content (AvgIpc) is 2.82. The summed E-state index contributed by atoms with van der Waals surface area (Å²) in [5.74, 6) is 0. The molecule has 1 aromatic rings. The molecule has 99 valence electrons. The molecule has 0 aliphatic heterocycles. The van der Waals surface area contributed by atoms with E-state index in [0.29, 0.717) is 0 Å². The topological polar surface area (TPSA) is 91.7 Å². The maximum absolute atomic E-state index is 9.09. The van der Waals surface area contributed by atoms with Crippen molar-refractivity contribution in [2.75, 3.05) is 6.61 Å². The van der Waals surface area contributed by atoms with Gasteiger partial charge in [0.15, 0.2) is 0 Å². The zero-order valence-electron chi connectivity index (χ0n) is 9.63. The second-order valence-electron chi connectivity index (χ2n) is 2.42. The Bertz CT molecular complexity index is 247. The van der Waals surface area contributed by atoms with Gasteiger partial charge >= 0.3 is 0 Å². The number of aryl methyl sites for hydroxylation is 1. The Hall–Kier alpha value is -1.20. The van der Waals surface area contributed by atoms with Gasteiger partial charge in [0.05, 0.1) is 12.7 Å². The molecule has 17 heavy (non-hydrogen) atoms. The van der Waals surface area contributed by atoms with Crippen LogP contribution in [0, 0.1) is 6.92 Å². The van der Waals surface area contributed by atoms with Crippen LogP contribution in [0.4, 0.5) is 0 Å². The van der Waals surface area contributed by atoms with Crippen molar-refractivity contribution in [3.63, 3.8) is 0 Å². The van der Waals surface area contributed by atoms with E-state index >= 15 is 0 Å². The van der Waals surface area contributed by atoms with E-state index in [1.807, 2.05) is 45.5 Å². The minimum absolute atomic E-state index is 0. The fraction of sp³-hybridized carbons (Fsp3) is 0.273. The first-order valence-corrected chi connectivity index (χ1v) is 4.13. The van der Waals surface area contributed by atoms with Crippen LogP contribution in [0.5, 0.6) is 0 Å². The van der Waals surface area contributed by atoms with Gasteiger partial charge in [-0.25, -0.2) is 11.6 Å². The van der Waals surface area contributed by atoms with Crippen molar-refractivity contribution in [2.45, 2.75) is 13.0 Å². The maximum Gasteiger partial charge on any atom is 0.106 e. The molecule has 1 unspecified atom stereocenters. The zero-order chi connectivity index (χ0) is 13.6. The molecule has 0 aliphatic rings. The minimum Gasteiger partial charge on any atom is -0.398 e. The summed E-state index contributed by atoms with van der Waals surface area (Å²) >= 11 is 0. The van der Waals surface area contributed by atoms with Crippen LogP contribution in [0.2, 0.25) is 0 Å². The van der Waals surface area contributed by atoms with Gasteiger partial charge < -0.3 is 24.6 Å². The first-order valence-electron chi connectivity index (χ1n) is 4.13. The third-order valence-electron chi connectivity index (χ3n) is 1.49. The molecular formula is C11H17MnO5-. The molecule has 1 atom stereocenters. The summed E-state index contributed by atoms with van der Waals surface area (Å²) in [6.45, 7) is 7.75. The molecule has 0 saturated heterocycles. The number of carbonyl (C=O) groups excluding carboxylic acids is 3. The largest absolute Gasteiger partial charge is 0.398 e. The van der Waals surface area contributed by atoms with Gasteiger partial charge in [0.2, 0.25) is 0 Å². The van der Waals surface area contributed by atoms with Crippen LogP contribution in [0.1, 0.15) is 17.2 Å². The fourth-order valence-electron chi connectivity index (χ4n) is 0.899. The van der Waals surface area contributed by atoms with Gasteiger partial charge in [-0.05, 0) is 0 Å². The molecule has 0 saturated carbocycles. The summed E-state index contributed by atoms with van der Waals surface area (Å²) in [6, 6.07) is 5.59. The van der Waals surface area contributed by atoms with Crippen molar-refractivity contribution in [2.24, 2.45) is 0 Å². The molecule has 6 heteroatoms. The average molecular weight is 284 g/mol. The van der Waals surface area contributed by atoms with Crippen LogP contribution >= 0.6 is 0 Å². The summed E-state index contributed by atoms with van der Waals surface area (Å²) < 4.78 is 0. The molecule has 1 aromatic carbocycles. The summed E-state index contributed by atoms with van der Waals surface area (Å²) in [6.07, 6.45) is -0.714. The quantitative estimate of drug-likeness (QED) is 0.597. The predicted octanol–water partition coefficient (Wildman–Crippen LogP) is 0.182. The van der Waals surface area contributed by atoms with Gasteiger partial charge in [-0.15, -0.1) is 5.56 Å². The molecule has 5 nitrogen and oxygen atoms in total. The Morgan fingerprint density at radius 2 is 1.65 bits per heavy atom. The van der Waals surface area contributed by atoms with E-state index in [9.17, 15) is 0 Å². The Balaban J connectivity index is -0.000000106. The summed E-state index contributed by atoms with van der Waals surface area (Å²) in [7, 11) is 0. The van der Waals surface area contributed by atoms with E-state index in [0.717, 1.165) is 11.1 Å². The first-order chi connectivity index (χ1) is 7.74. The molecule has 1 rings (SSSR count). The molecule has 0 heterocycles. The normalized spacial score (nSPS) is 8.65. The molecule has 1 radical (unpaired) electrons. The van der Waals surface area contributed by atoms with Crippen LogP contribution in [0.15, 0.2) is 18.2 Å². The molecular weight excluding hydrogens is 267 g/mol. The molecule has 0 aliphatic carbocycles. The Morgan fingerprint density at radius 1 is 1.24 bits per heavy atom. The van der Waals surface area contributed by atoms with Crippen molar-refractivity contribution in [1.29, 1.82) is 0 Å². The molecule has 2 N–H and O–H groups in total. The predicted molar refractivity (Wildman–Crippen MR) is 60.2 cm³/mol. The van der Waals surface area contributed by atoms with E-state index in [-0.39, 0.29) is 23.7 Å². The fourth-order valence-corrected chi connectivity index (χ4v) is 0.899. The molecule has 0 fully saturated rings.